The lowest BCUT2D eigenvalue weighted by atomic mass is 10.0. The van der Waals surface area contributed by atoms with E-state index in [9.17, 15) is 4.79 Å². The molecule has 0 atom stereocenters. The minimum Gasteiger partial charge on any atom is -0.495 e. The van der Waals surface area contributed by atoms with Crippen LogP contribution in [0.3, 0.4) is 0 Å². The Hall–Kier alpha value is -3.45. The second-order valence-corrected chi connectivity index (χ2v) is 8.77. The van der Waals surface area contributed by atoms with Gasteiger partial charge < -0.3 is 19.9 Å². The first-order valence-corrected chi connectivity index (χ1v) is 11.9. The highest BCUT2D eigenvalue weighted by molar-refractivity contribution is 5.91. The second kappa shape index (κ2) is 11.6. The Kier molecular flexibility index (Phi) is 8.09. The van der Waals surface area contributed by atoms with Gasteiger partial charge in [-0.1, -0.05) is 18.2 Å². The van der Waals surface area contributed by atoms with Crippen LogP contribution < -0.4 is 10.1 Å². The summed E-state index contributed by atoms with van der Waals surface area (Å²) in [7, 11) is 1.62. The first-order valence-electron chi connectivity index (χ1n) is 11.9. The van der Waals surface area contributed by atoms with E-state index < -0.39 is 0 Å². The molecule has 3 heterocycles. The van der Waals surface area contributed by atoms with Crippen molar-refractivity contribution in [1.29, 1.82) is 0 Å². The SMILES string of the molecule is COc1ccc(C)cc1NC(=O)N(Cc1cccnc1)C1CCN(CCc2ccccn2)CC1. The molecule has 7 heteroatoms. The molecule has 1 aliphatic heterocycles. The number of pyridine rings is 2. The fraction of sp³-hybridized carbons (Fsp3) is 0.370. The number of amides is 2. The van der Waals surface area contributed by atoms with Crippen LogP contribution in [0.2, 0.25) is 0 Å². The highest BCUT2D eigenvalue weighted by Crippen LogP contribution is 2.27. The van der Waals surface area contributed by atoms with Crippen LogP contribution in [0.15, 0.2) is 67.1 Å². The van der Waals surface area contributed by atoms with Gasteiger partial charge in [-0.05, 0) is 61.2 Å². The number of aromatic nitrogens is 2. The summed E-state index contributed by atoms with van der Waals surface area (Å²) >= 11 is 0. The van der Waals surface area contributed by atoms with Crippen molar-refractivity contribution in [1.82, 2.24) is 19.8 Å². The van der Waals surface area contributed by atoms with Crippen LogP contribution in [0.5, 0.6) is 5.75 Å². The number of carbonyl (C=O) groups excluding carboxylic acids is 1. The number of aryl methyl sites for hydroxylation is 1. The van der Waals surface area contributed by atoms with Gasteiger partial charge in [0.05, 0.1) is 12.8 Å². The van der Waals surface area contributed by atoms with Crippen LogP contribution in [-0.2, 0) is 13.0 Å². The van der Waals surface area contributed by atoms with Gasteiger partial charge in [-0.3, -0.25) is 9.97 Å². The molecule has 0 spiro atoms. The zero-order valence-electron chi connectivity index (χ0n) is 20.0. The molecule has 3 aromatic rings. The van der Waals surface area contributed by atoms with E-state index >= 15 is 0 Å². The molecule has 1 aliphatic rings. The minimum atomic E-state index is -0.111. The molecule has 0 radical (unpaired) electrons. The van der Waals surface area contributed by atoms with Gasteiger partial charge in [0.2, 0.25) is 0 Å². The van der Waals surface area contributed by atoms with Crippen LogP contribution in [0.4, 0.5) is 10.5 Å². The Morgan fingerprint density at radius 3 is 2.71 bits per heavy atom. The maximum absolute atomic E-state index is 13.5. The van der Waals surface area contributed by atoms with Gasteiger partial charge in [0.25, 0.3) is 0 Å². The molecule has 1 N–H and O–H groups in total. The standard InChI is InChI=1S/C27H33N5O2/c1-21-8-9-26(34-2)25(18-21)30-27(33)32(20-22-6-5-13-28-19-22)24-11-16-31(17-12-24)15-10-23-7-3-4-14-29-23/h3-9,13-14,18-19,24H,10-12,15-17,20H2,1-2H3,(H,30,33). The monoisotopic (exact) mass is 459 g/mol. The number of rotatable bonds is 8. The van der Waals surface area contributed by atoms with E-state index in [0.717, 1.165) is 55.7 Å². The average Bonchev–Trinajstić information content (AvgIpc) is 2.88. The van der Waals surface area contributed by atoms with Crippen molar-refractivity contribution < 1.29 is 9.53 Å². The van der Waals surface area contributed by atoms with Crippen LogP contribution in [0.25, 0.3) is 0 Å². The number of methoxy groups -OCH3 is 1. The molecular weight excluding hydrogens is 426 g/mol. The van der Waals surface area contributed by atoms with Gasteiger partial charge in [0.1, 0.15) is 5.75 Å². The number of hydrogen-bond acceptors (Lipinski definition) is 5. The lowest BCUT2D eigenvalue weighted by molar-refractivity contribution is 0.123. The second-order valence-electron chi connectivity index (χ2n) is 8.77. The normalized spacial score (nSPS) is 14.5. The predicted molar refractivity (Wildman–Crippen MR) is 134 cm³/mol. The first-order chi connectivity index (χ1) is 16.6. The molecule has 2 aromatic heterocycles. The molecule has 4 rings (SSSR count). The highest BCUT2D eigenvalue weighted by Gasteiger charge is 2.28. The summed E-state index contributed by atoms with van der Waals surface area (Å²) in [6.45, 7) is 5.43. The molecule has 0 unspecified atom stereocenters. The molecule has 0 aliphatic carbocycles. The lowest BCUT2D eigenvalue weighted by Gasteiger charge is -2.38. The van der Waals surface area contributed by atoms with Crippen molar-refractivity contribution in [2.45, 2.75) is 38.8 Å². The van der Waals surface area contributed by atoms with Crippen molar-refractivity contribution in [3.05, 3.63) is 83.9 Å². The maximum atomic E-state index is 13.5. The van der Waals surface area contributed by atoms with E-state index in [-0.39, 0.29) is 12.1 Å². The van der Waals surface area contributed by atoms with Crippen molar-refractivity contribution >= 4 is 11.7 Å². The molecule has 7 nitrogen and oxygen atoms in total. The highest BCUT2D eigenvalue weighted by atomic mass is 16.5. The third-order valence-corrected chi connectivity index (χ3v) is 6.34. The van der Waals surface area contributed by atoms with Crippen LogP contribution >= 0.6 is 0 Å². The van der Waals surface area contributed by atoms with Crippen molar-refractivity contribution in [3.63, 3.8) is 0 Å². The minimum absolute atomic E-state index is 0.111. The van der Waals surface area contributed by atoms with E-state index in [2.05, 4.69) is 26.3 Å². The topological polar surface area (TPSA) is 70.6 Å². The first kappa shape index (κ1) is 23.7. The summed E-state index contributed by atoms with van der Waals surface area (Å²) in [5.74, 6) is 0.657. The van der Waals surface area contributed by atoms with Crippen molar-refractivity contribution in [3.8, 4) is 5.75 Å². The third-order valence-electron chi connectivity index (χ3n) is 6.34. The Morgan fingerprint density at radius 2 is 2.00 bits per heavy atom. The third kappa shape index (κ3) is 6.32. The van der Waals surface area contributed by atoms with Gasteiger partial charge in [0.15, 0.2) is 0 Å². The fourth-order valence-corrected chi connectivity index (χ4v) is 4.43. The molecule has 34 heavy (non-hydrogen) atoms. The number of ether oxygens (including phenoxy) is 1. The number of piperidine rings is 1. The summed E-state index contributed by atoms with van der Waals surface area (Å²) in [4.78, 5) is 26.6. The van der Waals surface area contributed by atoms with Gasteiger partial charge in [-0.2, -0.15) is 0 Å². The van der Waals surface area contributed by atoms with E-state index in [4.69, 9.17) is 4.74 Å². The number of hydrogen-bond donors (Lipinski definition) is 1. The smallest absolute Gasteiger partial charge is 0.322 e. The molecule has 1 saturated heterocycles. The summed E-state index contributed by atoms with van der Waals surface area (Å²) in [6.07, 6.45) is 8.24. The van der Waals surface area contributed by atoms with Crippen LogP contribution in [0, 0.1) is 6.92 Å². The molecule has 1 aromatic carbocycles. The van der Waals surface area contributed by atoms with Gasteiger partial charge in [0, 0.05) is 62.9 Å². The van der Waals surface area contributed by atoms with Crippen LogP contribution in [-0.4, -0.2) is 58.6 Å². The quantitative estimate of drug-likeness (QED) is 0.536. The zero-order chi connectivity index (χ0) is 23.8. The number of likely N-dealkylation sites (tertiary alicyclic amines) is 1. The Labute approximate surface area is 201 Å². The maximum Gasteiger partial charge on any atom is 0.322 e. The molecular formula is C27H33N5O2. The average molecular weight is 460 g/mol. The van der Waals surface area contributed by atoms with Crippen molar-refractivity contribution in [2.75, 3.05) is 32.1 Å². The largest absolute Gasteiger partial charge is 0.495 e. The van der Waals surface area contributed by atoms with Crippen molar-refractivity contribution in [2.24, 2.45) is 0 Å². The predicted octanol–water partition coefficient (Wildman–Crippen LogP) is 4.53. The summed E-state index contributed by atoms with van der Waals surface area (Å²) < 4.78 is 5.47. The number of anilines is 1. The van der Waals surface area contributed by atoms with Crippen LogP contribution in [0.1, 0.15) is 29.7 Å². The van der Waals surface area contributed by atoms with E-state index in [0.29, 0.717) is 18.0 Å². The van der Waals surface area contributed by atoms with Gasteiger partial charge >= 0.3 is 6.03 Å². The lowest BCUT2D eigenvalue weighted by Crippen LogP contribution is -2.48. The Balaban J connectivity index is 1.43. The zero-order valence-corrected chi connectivity index (χ0v) is 20.0. The number of urea groups is 1. The van der Waals surface area contributed by atoms with Gasteiger partial charge in [-0.25, -0.2) is 4.79 Å². The molecule has 178 valence electrons. The van der Waals surface area contributed by atoms with Gasteiger partial charge in [-0.15, -0.1) is 0 Å². The summed E-state index contributed by atoms with van der Waals surface area (Å²) in [5, 5.41) is 3.10. The number of nitrogens with zero attached hydrogens (tertiary/aromatic N) is 4. The number of carbonyl (C=O) groups is 1. The van der Waals surface area contributed by atoms with E-state index in [1.165, 1.54) is 0 Å². The Bertz CT molecular complexity index is 1050. The summed E-state index contributed by atoms with van der Waals surface area (Å²) in [5.41, 5.74) is 3.90. The molecule has 0 bridgehead atoms. The Morgan fingerprint density at radius 1 is 1.15 bits per heavy atom. The van der Waals surface area contributed by atoms with E-state index in [1.54, 1.807) is 13.3 Å². The molecule has 1 fully saturated rings. The van der Waals surface area contributed by atoms with E-state index in [1.807, 2.05) is 66.7 Å². The fourth-order valence-electron chi connectivity index (χ4n) is 4.43. The molecule has 0 saturated carbocycles. The number of benzene rings is 1. The summed E-state index contributed by atoms with van der Waals surface area (Å²) in [6, 6.07) is 15.8. The molecule has 2 amide bonds. The number of nitrogens with one attached hydrogen (secondary N) is 1.